The summed E-state index contributed by atoms with van der Waals surface area (Å²) in [5, 5.41) is 0. The summed E-state index contributed by atoms with van der Waals surface area (Å²) in [6, 6.07) is 8.78. The van der Waals surface area contributed by atoms with Crippen LogP contribution in [0.25, 0.3) is 10.2 Å². The predicted octanol–water partition coefficient (Wildman–Crippen LogP) is 3.38. The second-order valence-corrected chi connectivity index (χ2v) is 6.95. The van der Waals surface area contributed by atoms with Gasteiger partial charge in [0.05, 0.1) is 24.4 Å². The van der Waals surface area contributed by atoms with E-state index in [2.05, 4.69) is 11.6 Å². The van der Waals surface area contributed by atoms with E-state index < -0.39 is 0 Å². The van der Waals surface area contributed by atoms with Crippen molar-refractivity contribution in [2.24, 2.45) is 4.99 Å². The largest absolute Gasteiger partial charge is 0.493 e. The van der Waals surface area contributed by atoms with Crippen molar-refractivity contribution in [2.75, 3.05) is 21.0 Å². The number of thiazole rings is 1. The van der Waals surface area contributed by atoms with Crippen LogP contribution in [0.2, 0.25) is 0 Å². The van der Waals surface area contributed by atoms with Crippen molar-refractivity contribution in [3.63, 3.8) is 0 Å². The second kappa shape index (κ2) is 7.40. The Labute approximate surface area is 165 Å². The van der Waals surface area contributed by atoms with Crippen LogP contribution in [0.4, 0.5) is 0 Å². The van der Waals surface area contributed by atoms with Gasteiger partial charge in [0.15, 0.2) is 27.8 Å². The van der Waals surface area contributed by atoms with Gasteiger partial charge >= 0.3 is 0 Å². The minimum absolute atomic E-state index is 0.156. The first kappa shape index (κ1) is 18.1. The molecule has 2 aromatic carbocycles. The fraction of sp³-hybridized carbons (Fsp3) is 0.200. The van der Waals surface area contributed by atoms with Crippen LogP contribution in [0.3, 0.4) is 0 Å². The van der Waals surface area contributed by atoms with Crippen LogP contribution >= 0.6 is 11.3 Å². The molecule has 1 aliphatic rings. The van der Waals surface area contributed by atoms with Crippen molar-refractivity contribution < 1.29 is 23.7 Å². The van der Waals surface area contributed by atoms with Crippen molar-refractivity contribution in [3.8, 4) is 23.0 Å². The monoisotopic (exact) mass is 398 g/mol. The zero-order chi connectivity index (χ0) is 19.7. The van der Waals surface area contributed by atoms with Gasteiger partial charge in [-0.25, -0.2) is 0 Å². The van der Waals surface area contributed by atoms with Gasteiger partial charge in [0.2, 0.25) is 6.79 Å². The standard InChI is InChI=1S/C20H18N2O5S/c1-4-7-22-13-9-15(24-2)16(25-3)10-18(13)28-20(22)21-19(23)12-5-6-14-17(8-12)27-11-26-14/h4-6,8-10H,1,7,11H2,2-3H3. The van der Waals surface area contributed by atoms with Crippen molar-refractivity contribution in [3.05, 3.63) is 53.4 Å². The number of methoxy groups -OCH3 is 2. The SMILES string of the molecule is C=CCn1c(=NC(=O)c2ccc3c(c2)OCO3)sc2cc(OC)c(OC)cc21. The third kappa shape index (κ3) is 3.11. The number of carbonyl (C=O) groups excluding carboxylic acids is 1. The summed E-state index contributed by atoms with van der Waals surface area (Å²) in [7, 11) is 3.17. The van der Waals surface area contributed by atoms with Crippen LogP contribution in [0, 0.1) is 0 Å². The van der Waals surface area contributed by atoms with E-state index in [0.717, 1.165) is 10.2 Å². The molecule has 2 heterocycles. The normalized spacial score (nSPS) is 13.0. The molecular formula is C20H18N2O5S. The number of allylic oxidation sites excluding steroid dienone is 1. The zero-order valence-electron chi connectivity index (χ0n) is 15.4. The Hall–Kier alpha value is -3.26. The molecule has 3 aromatic rings. The summed E-state index contributed by atoms with van der Waals surface area (Å²) in [5.41, 5.74) is 1.32. The molecule has 8 heteroatoms. The molecule has 0 saturated carbocycles. The minimum atomic E-state index is -0.360. The fourth-order valence-electron chi connectivity index (χ4n) is 2.97. The van der Waals surface area contributed by atoms with E-state index in [1.165, 1.54) is 11.3 Å². The summed E-state index contributed by atoms with van der Waals surface area (Å²) in [4.78, 5) is 17.6. The van der Waals surface area contributed by atoms with Gasteiger partial charge in [-0.1, -0.05) is 17.4 Å². The quantitative estimate of drug-likeness (QED) is 0.616. The Bertz CT molecular complexity index is 1150. The van der Waals surface area contributed by atoms with Gasteiger partial charge in [0.1, 0.15) is 0 Å². The molecule has 0 aliphatic carbocycles. The Morgan fingerprint density at radius 1 is 1.21 bits per heavy atom. The Morgan fingerprint density at radius 2 is 1.96 bits per heavy atom. The van der Waals surface area contributed by atoms with E-state index in [4.69, 9.17) is 18.9 Å². The minimum Gasteiger partial charge on any atom is -0.493 e. The lowest BCUT2D eigenvalue weighted by molar-refractivity contribution is 0.0997. The number of fused-ring (bicyclic) bond motifs is 2. The van der Waals surface area contributed by atoms with Crippen LogP contribution in [-0.2, 0) is 6.54 Å². The fourth-order valence-corrected chi connectivity index (χ4v) is 4.02. The van der Waals surface area contributed by atoms with Crippen LogP contribution in [0.1, 0.15) is 10.4 Å². The van der Waals surface area contributed by atoms with E-state index >= 15 is 0 Å². The number of amides is 1. The number of aromatic nitrogens is 1. The molecule has 0 spiro atoms. The van der Waals surface area contributed by atoms with Crippen molar-refractivity contribution >= 4 is 27.5 Å². The summed E-state index contributed by atoms with van der Waals surface area (Å²) < 4.78 is 24.2. The van der Waals surface area contributed by atoms with Crippen molar-refractivity contribution in [1.29, 1.82) is 0 Å². The molecule has 1 aromatic heterocycles. The molecule has 1 aliphatic heterocycles. The van der Waals surface area contributed by atoms with Gasteiger partial charge in [-0.15, -0.1) is 6.58 Å². The summed E-state index contributed by atoms with van der Waals surface area (Å²) in [6.45, 7) is 4.47. The lowest BCUT2D eigenvalue weighted by atomic mass is 10.2. The van der Waals surface area contributed by atoms with E-state index in [1.54, 1.807) is 38.5 Å². The first-order chi connectivity index (χ1) is 13.6. The Morgan fingerprint density at radius 3 is 2.71 bits per heavy atom. The first-order valence-corrected chi connectivity index (χ1v) is 9.31. The molecule has 7 nitrogen and oxygen atoms in total. The molecule has 144 valence electrons. The van der Waals surface area contributed by atoms with Gasteiger partial charge in [0, 0.05) is 24.2 Å². The molecule has 0 saturated heterocycles. The molecule has 0 unspecified atom stereocenters. The van der Waals surface area contributed by atoms with Crippen LogP contribution in [-0.4, -0.2) is 31.5 Å². The first-order valence-electron chi connectivity index (χ1n) is 8.49. The van der Waals surface area contributed by atoms with E-state index in [-0.39, 0.29) is 12.7 Å². The maximum Gasteiger partial charge on any atom is 0.279 e. The Kier molecular flexibility index (Phi) is 4.79. The van der Waals surface area contributed by atoms with Gasteiger partial charge in [-0.3, -0.25) is 4.79 Å². The number of benzene rings is 2. The topological polar surface area (TPSA) is 71.3 Å². The highest BCUT2D eigenvalue weighted by atomic mass is 32.1. The molecular weight excluding hydrogens is 380 g/mol. The van der Waals surface area contributed by atoms with E-state index in [9.17, 15) is 4.79 Å². The number of carbonyl (C=O) groups is 1. The maximum absolute atomic E-state index is 12.7. The number of hydrogen-bond donors (Lipinski definition) is 0. The molecule has 0 atom stereocenters. The molecule has 4 rings (SSSR count). The van der Waals surface area contributed by atoms with Gasteiger partial charge in [0.25, 0.3) is 5.91 Å². The highest BCUT2D eigenvalue weighted by molar-refractivity contribution is 7.16. The second-order valence-electron chi connectivity index (χ2n) is 5.94. The van der Waals surface area contributed by atoms with Crippen LogP contribution in [0.5, 0.6) is 23.0 Å². The highest BCUT2D eigenvalue weighted by Crippen LogP contribution is 2.34. The number of hydrogen-bond acceptors (Lipinski definition) is 6. The molecule has 0 N–H and O–H groups in total. The number of nitrogens with zero attached hydrogens (tertiary/aromatic N) is 2. The molecule has 0 fully saturated rings. The van der Waals surface area contributed by atoms with Gasteiger partial charge in [-0.05, 0) is 18.2 Å². The summed E-state index contributed by atoms with van der Waals surface area (Å²) in [6.07, 6.45) is 1.76. The van der Waals surface area contributed by atoms with E-state index in [1.807, 2.05) is 16.7 Å². The van der Waals surface area contributed by atoms with Crippen molar-refractivity contribution in [2.45, 2.75) is 6.54 Å². The maximum atomic E-state index is 12.7. The molecule has 0 radical (unpaired) electrons. The molecule has 1 amide bonds. The van der Waals surface area contributed by atoms with Crippen LogP contribution < -0.4 is 23.7 Å². The van der Waals surface area contributed by atoms with Gasteiger partial charge in [-0.2, -0.15) is 4.99 Å². The van der Waals surface area contributed by atoms with Gasteiger partial charge < -0.3 is 23.5 Å². The average Bonchev–Trinajstić information content (AvgIpc) is 3.31. The summed E-state index contributed by atoms with van der Waals surface area (Å²) in [5.74, 6) is 2.04. The lowest BCUT2D eigenvalue weighted by Crippen LogP contribution is -2.16. The third-order valence-corrected chi connectivity index (χ3v) is 5.36. The zero-order valence-corrected chi connectivity index (χ0v) is 16.2. The predicted molar refractivity (Wildman–Crippen MR) is 106 cm³/mol. The van der Waals surface area contributed by atoms with Crippen molar-refractivity contribution in [1.82, 2.24) is 4.57 Å². The number of rotatable bonds is 5. The number of ether oxygens (including phenoxy) is 4. The molecule has 28 heavy (non-hydrogen) atoms. The van der Waals surface area contributed by atoms with E-state index in [0.29, 0.717) is 39.9 Å². The smallest absolute Gasteiger partial charge is 0.279 e. The van der Waals surface area contributed by atoms with Crippen LogP contribution in [0.15, 0.2) is 48.0 Å². The lowest BCUT2D eigenvalue weighted by Gasteiger charge is -2.08. The third-order valence-electron chi connectivity index (χ3n) is 4.32. The molecule has 0 bridgehead atoms. The Balaban J connectivity index is 1.83. The average molecular weight is 398 g/mol. The summed E-state index contributed by atoms with van der Waals surface area (Å²) >= 11 is 1.40. The highest BCUT2D eigenvalue weighted by Gasteiger charge is 2.17.